The van der Waals surface area contributed by atoms with Crippen LogP contribution in [0.5, 0.6) is 0 Å². The zero-order valence-electron chi connectivity index (χ0n) is 16.9. The molecule has 164 valence electrons. The first-order valence-corrected chi connectivity index (χ1v) is 10.2. The number of aromatic nitrogens is 2. The third-order valence-electron chi connectivity index (χ3n) is 4.69. The van der Waals surface area contributed by atoms with E-state index in [-0.39, 0.29) is 48.6 Å². The van der Waals surface area contributed by atoms with Gasteiger partial charge < -0.3 is 10.3 Å². The first-order valence-electron chi connectivity index (χ1n) is 8.77. The van der Waals surface area contributed by atoms with E-state index in [1.54, 1.807) is 30.6 Å². The van der Waals surface area contributed by atoms with Crippen molar-refractivity contribution < 1.29 is 12.8 Å². The van der Waals surface area contributed by atoms with Gasteiger partial charge in [0.15, 0.2) is 0 Å². The molecule has 0 saturated carbocycles. The van der Waals surface area contributed by atoms with Crippen molar-refractivity contribution >= 4 is 45.7 Å². The highest BCUT2D eigenvalue weighted by Crippen LogP contribution is 2.36. The summed E-state index contributed by atoms with van der Waals surface area (Å²) in [6.45, 7) is 2.04. The van der Waals surface area contributed by atoms with Gasteiger partial charge in [0, 0.05) is 55.2 Å². The van der Waals surface area contributed by atoms with Crippen LogP contribution in [0.15, 0.2) is 59.5 Å². The summed E-state index contributed by atoms with van der Waals surface area (Å²) in [5, 5.41) is 0.743. The highest BCUT2D eigenvalue weighted by atomic mass is 35.5. The number of nitrogens with zero attached hydrogens (tertiary/aromatic N) is 3. The van der Waals surface area contributed by atoms with Crippen molar-refractivity contribution in [3.63, 3.8) is 0 Å². The smallest absolute Gasteiger partial charge is 0.242 e. The number of hydrogen-bond donors (Lipinski definition) is 1. The molecule has 0 atom stereocenters. The molecule has 0 amide bonds. The average molecular weight is 475 g/mol. The topological polar surface area (TPSA) is 81.2 Å². The van der Waals surface area contributed by atoms with Gasteiger partial charge in [-0.3, -0.25) is 4.98 Å². The van der Waals surface area contributed by atoms with Crippen LogP contribution in [0.4, 0.5) is 4.39 Å². The summed E-state index contributed by atoms with van der Waals surface area (Å²) in [6.07, 6.45) is 4.68. The summed E-state index contributed by atoms with van der Waals surface area (Å²) >= 11 is 0. The second-order valence-corrected chi connectivity index (χ2v) is 8.79. The van der Waals surface area contributed by atoms with Crippen LogP contribution in [0.2, 0.25) is 0 Å². The van der Waals surface area contributed by atoms with Gasteiger partial charge in [0.1, 0.15) is 5.83 Å². The van der Waals surface area contributed by atoms with Crippen molar-refractivity contribution in [3.8, 4) is 11.1 Å². The van der Waals surface area contributed by atoms with Crippen molar-refractivity contribution in [2.45, 2.75) is 18.4 Å². The second kappa shape index (κ2) is 10.4. The van der Waals surface area contributed by atoms with Gasteiger partial charge in [-0.1, -0.05) is 0 Å². The van der Waals surface area contributed by atoms with Gasteiger partial charge in [0.25, 0.3) is 0 Å². The van der Waals surface area contributed by atoms with Crippen molar-refractivity contribution in [3.05, 3.63) is 60.3 Å². The molecule has 1 aromatic carbocycles. The van der Waals surface area contributed by atoms with Crippen LogP contribution in [0, 0.1) is 6.92 Å². The zero-order valence-corrected chi connectivity index (χ0v) is 19.3. The maximum absolute atomic E-state index is 14.2. The summed E-state index contributed by atoms with van der Waals surface area (Å²) in [5.41, 5.74) is 8.75. The summed E-state index contributed by atoms with van der Waals surface area (Å²) in [5.74, 6) is -0.339. The number of pyridine rings is 1. The third kappa shape index (κ3) is 4.84. The molecule has 3 rings (SSSR count). The predicted molar refractivity (Wildman–Crippen MR) is 124 cm³/mol. The van der Waals surface area contributed by atoms with E-state index in [2.05, 4.69) is 4.98 Å². The lowest BCUT2D eigenvalue weighted by Crippen LogP contribution is -2.22. The fourth-order valence-corrected chi connectivity index (χ4v) is 4.19. The minimum Gasteiger partial charge on any atom is -0.337 e. The lowest BCUT2D eigenvalue weighted by atomic mass is 10.0. The molecule has 30 heavy (non-hydrogen) atoms. The van der Waals surface area contributed by atoms with Crippen LogP contribution < -0.4 is 5.73 Å². The fraction of sp³-hybridized carbons (Fsp3) is 0.250. The highest BCUT2D eigenvalue weighted by molar-refractivity contribution is 7.89. The monoisotopic (exact) mass is 474 g/mol. The Kier molecular flexibility index (Phi) is 9.01. The second-order valence-electron chi connectivity index (χ2n) is 6.64. The molecule has 3 aromatic rings. The normalized spacial score (nSPS) is 12.0. The van der Waals surface area contributed by atoms with Crippen LogP contribution >= 0.6 is 24.8 Å². The van der Waals surface area contributed by atoms with E-state index < -0.39 is 10.0 Å². The predicted octanol–water partition coefficient (Wildman–Crippen LogP) is 3.92. The molecular formula is C20H25Cl2FN4O2S. The number of sulfonamides is 1. The molecule has 2 heterocycles. The van der Waals surface area contributed by atoms with E-state index in [4.69, 9.17) is 5.73 Å². The van der Waals surface area contributed by atoms with Crippen molar-refractivity contribution in [2.75, 3.05) is 20.6 Å². The Morgan fingerprint density at radius 3 is 2.40 bits per heavy atom. The first-order chi connectivity index (χ1) is 13.3. The number of fused-ring (bicyclic) bond motifs is 1. The van der Waals surface area contributed by atoms with Crippen molar-refractivity contribution in [1.29, 1.82) is 0 Å². The first kappa shape index (κ1) is 26.1. The molecule has 2 N–H and O–H groups in total. The lowest BCUT2D eigenvalue weighted by molar-refractivity contribution is 0.521. The van der Waals surface area contributed by atoms with E-state index in [1.807, 2.05) is 23.6 Å². The Morgan fingerprint density at radius 1 is 1.20 bits per heavy atom. The van der Waals surface area contributed by atoms with Gasteiger partial charge in [-0.2, -0.15) is 0 Å². The van der Waals surface area contributed by atoms with Crippen LogP contribution in [0.1, 0.15) is 5.69 Å². The van der Waals surface area contributed by atoms with Gasteiger partial charge >= 0.3 is 0 Å². The molecule has 0 fully saturated rings. The molecule has 0 radical (unpaired) electrons. The van der Waals surface area contributed by atoms with Crippen molar-refractivity contribution in [2.24, 2.45) is 5.73 Å². The number of benzene rings is 1. The van der Waals surface area contributed by atoms with E-state index in [1.165, 1.54) is 24.5 Å². The summed E-state index contributed by atoms with van der Waals surface area (Å²) < 4.78 is 42.4. The SMILES string of the molecule is Cc1c(-c2ccncc2)c2cc(S(=O)(=O)N(C)C)ccc2n1CC(F)=CCN.Cl.Cl. The van der Waals surface area contributed by atoms with Gasteiger partial charge in [-0.05, 0) is 48.9 Å². The minimum atomic E-state index is -3.59. The van der Waals surface area contributed by atoms with Gasteiger partial charge in [0.2, 0.25) is 10.0 Å². The maximum atomic E-state index is 14.2. The number of allylic oxidation sites excluding steroid dienone is 1. The number of rotatable bonds is 6. The van der Waals surface area contributed by atoms with Gasteiger partial charge in [-0.25, -0.2) is 17.1 Å². The number of hydrogen-bond acceptors (Lipinski definition) is 4. The summed E-state index contributed by atoms with van der Waals surface area (Å²) in [6, 6.07) is 8.62. The molecule has 0 aliphatic carbocycles. The van der Waals surface area contributed by atoms with Crippen molar-refractivity contribution in [1.82, 2.24) is 13.9 Å². The summed E-state index contributed by atoms with van der Waals surface area (Å²) in [7, 11) is -0.607. The van der Waals surface area contributed by atoms with E-state index in [9.17, 15) is 12.8 Å². The molecular weight excluding hydrogens is 450 g/mol. The molecule has 0 aliphatic heterocycles. The minimum absolute atomic E-state index is 0. The third-order valence-corrected chi connectivity index (χ3v) is 6.50. The maximum Gasteiger partial charge on any atom is 0.242 e. The molecule has 2 aromatic heterocycles. The van der Waals surface area contributed by atoms with Crippen LogP contribution in [-0.2, 0) is 16.6 Å². The largest absolute Gasteiger partial charge is 0.337 e. The number of nitrogens with two attached hydrogens (primary N) is 1. The Bertz CT molecular complexity index is 1150. The van der Waals surface area contributed by atoms with E-state index in [0.29, 0.717) is 0 Å². The Hall–Kier alpha value is -1.97. The molecule has 6 nitrogen and oxygen atoms in total. The van der Waals surface area contributed by atoms with Crippen LogP contribution in [0.25, 0.3) is 22.0 Å². The highest BCUT2D eigenvalue weighted by Gasteiger charge is 2.22. The zero-order chi connectivity index (χ0) is 20.5. The molecule has 0 spiro atoms. The Morgan fingerprint density at radius 2 is 1.83 bits per heavy atom. The Labute approximate surface area is 188 Å². The molecule has 10 heteroatoms. The standard InChI is InChI=1S/C20H23FN4O2S.2ClH/c1-14-20(15-7-10-23-11-8-15)18-12-17(28(26,27)24(2)3)4-5-19(18)25(14)13-16(21)6-9-22;;/h4-8,10-12H,9,13,22H2,1-3H3;2*1H. The van der Waals surface area contributed by atoms with Gasteiger partial charge in [0.05, 0.1) is 11.4 Å². The lowest BCUT2D eigenvalue weighted by Gasteiger charge is -2.12. The summed E-state index contributed by atoms with van der Waals surface area (Å²) in [4.78, 5) is 4.24. The van der Waals surface area contributed by atoms with Crippen LogP contribution in [0.3, 0.4) is 0 Å². The molecule has 0 aliphatic rings. The molecule has 0 unspecified atom stereocenters. The van der Waals surface area contributed by atoms with Gasteiger partial charge in [-0.15, -0.1) is 24.8 Å². The molecule has 0 bridgehead atoms. The quantitative estimate of drug-likeness (QED) is 0.586. The number of halogens is 3. The Balaban J connectivity index is 0.00000225. The molecule has 0 saturated heterocycles. The van der Waals surface area contributed by atoms with E-state index >= 15 is 0 Å². The fourth-order valence-electron chi connectivity index (χ4n) is 3.26. The van der Waals surface area contributed by atoms with Crippen LogP contribution in [-0.4, -0.2) is 42.9 Å². The van der Waals surface area contributed by atoms with E-state index in [0.717, 1.165) is 27.7 Å². The average Bonchev–Trinajstić information content (AvgIpc) is 2.93.